The minimum Gasteiger partial charge on any atom is -0.341 e. The molecule has 1 aromatic heterocycles. The molecular formula is C22H25FN2O2. The molecule has 2 unspecified atom stereocenters. The Balaban J connectivity index is 1.81. The summed E-state index contributed by atoms with van der Waals surface area (Å²) in [6.07, 6.45) is 0.929. The predicted octanol–water partition coefficient (Wildman–Crippen LogP) is 3.65. The van der Waals surface area contributed by atoms with Gasteiger partial charge >= 0.3 is 0 Å². The van der Waals surface area contributed by atoms with E-state index in [2.05, 4.69) is 0 Å². The van der Waals surface area contributed by atoms with Gasteiger partial charge in [-0.3, -0.25) is 9.59 Å². The minimum atomic E-state index is -0.434. The Morgan fingerprint density at radius 3 is 2.48 bits per heavy atom. The van der Waals surface area contributed by atoms with Crippen LogP contribution in [0, 0.1) is 17.2 Å². The highest BCUT2D eigenvalue weighted by Gasteiger charge is 2.40. The molecule has 0 saturated carbocycles. The first-order valence-corrected chi connectivity index (χ1v) is 9.53. The zero-order chi connectivity index (χ0) is 19.3. The maximum Gasteiger partial charge on any atom is 0.250 e. The highest BCUT2D eigenvalue weighted by atomic mass is 19.1. The van der Waals surface area contributed by atoms with Crippen LogP contribution in [-0.4, -0.2) is 28.5 Å². The van der Waals surface area contributed by atoms with Crippen molar-refractivity contribution in [1.29, 1.82) is 0 Å². The molecule has 2 atom stereocenters. The molecule has 2 aliphatic rings. The third-order valence-corrected chi connectivity index (χ3v) is 5.68. The Morgan fingerprint density at radius 1 is 1.04 bits per heavy atom. The maximum atomic E-state index is 14.5. The van der Waals surface area contributed by atoms with E-state index in [0.717, 1.165) is 17.7 Å². The molecule has 142 valence electrons. The molecule has 1 saturated heterocycles. The number of pyridine rings is 1. The molecule has 4 rings (SSSR count). The van der Waals surface area contributed by atoms with Crippen LogP contribution in [0.15, 0.2) is 41.2 Å². The van der Waals surface area contributed by atoms with E-state index in [1.165, 1.54) is 12.1 Å². The predicted molar refractivity (Wildman–Crippen MR) is 103 cm³/mol. The number of benzene rings is 1. The number of carbonyl (C=O) groups is 1. The molecular weight excluding hydrogens is 343 g/mol. The lowest BCUT2D eigenvalue weighted by atomic mass is 9.79. The van der Waals surface area contributed by atoms with Crippen LogP contribution in [0.5, 0.6) is 0 Å². The number of hydrogen-bond donors (Lipinski definition) is 0. The van der Waals surface area contributed by atoms with Gasteiger partial charge in [0.2, 0.25) is 5.91 Å². The Morgan fingerprint density at radius 2 is 1.78 bits per heavy atom. The lowest BCUT2D eigenvalue weighted by molar-refractivity contribution is -0.142. The van der Waals surface area contributed by atoms with E-state index in [-0.39, 0.29) is 29.1 Å². The van der Waals surface area contributed by atoms with Crippen molar-refractivity contribution >= 4 is 5.91 Å². The number of piperidine rings is 1. The fraction of sp³-hybridized carbons (Fsp3) is 0.455. The highest BCUT2D eigenvalue weighted by Crippen LogP contribution is 2.41. The number of fused-ring (bicyclic) bond motifs is 4. The smallest absolute Gasteiger partial charge is 0.250 e. The van der Waals surface area contributed by atoms with Crippen LogP contribution in [-0.2, 0) is 11.3 Å². The van der Waals surface area contributed by atoms with Gasteiger partial charge in [-0.1, -0.05) is 39.0 Å². The molecule has 0 spiro atoms. The normalized spacial score (nSPS) is 21.7. The second-order valence-electron chi connectivity index (χ2n) is 8.82. The summed E-state index contributed by atoms with van der Waals surface area (Å²) in [7, 11) is 0. The summed E-state index contributed by atoms with van der Waals surface area (Å²) < 4.78 is 16.3. The third-order valence-electron chi connectivity index (χ3n) is 5.68. The number of nitrogens with zero attached hydrogens (tertiary/aromatic N) is 2. The van der Waals surface area contributed by atoms with Crippen LogP contribution in [0.1, 0.15) is 38.8 Å². The lowest BCUT2D eigenvalue weighted by Crippen LogP contribution is -2.51. The molecule has 2 aromatic rings. The molecule has 27 heavy (non-hydrogen) atoms. The van der Waals surface area contributed by atoms with E-state index in [1.807, 2.05) is 31.7 Å². The van der Waals surface area contributed by atoms with E-state index in [4.69, 9.17) is 0 Å². The maximum absolute atomic E-state index is 14.5. The molecule has 2 bridgehead atoms. The summed E-state index contributed by atoms with van der Waals surface area (Å²) in [5.41, 5.74) is 1.67. The van der Waals surface area contributed by atoms with Crippen molar-refractivity contribution in [3.05, 3.63) is 58.3 Å². The summed E-state index contributed by atoms with van der Waals surface area (Å²) in [6.45, 7) is 7.65. The second-order valence-corrected chi connectivity index (χ2v) is 8.82. The van der Waals surface area contributed by atoms with Crippen molar-refractivity contribution in [2.45, 2.75) is 39.7 Å². The largest absolute Gasteiger partial charge is 0.341 e. The van der Waals surface area contributed by atoms with Gasteiger partial charge in [0.15, 0.2) is 0 Å². The molecule has 4 nitrogen and oxygen atoms in total. The molecule has 2 aliphatic heterocycles. The van der Waals surface area contributed by atoms with Gasteiger partial charge in [-0.25, -0.2) is 4.39 Å². The van der Waals surface area contributed by atoms with Crippen LogP contribution >= 0.6 is 0 Å². The van der Waals surface area contributed by atoms with Crippen LogP contribution in [0.4, 0.5) is 4.39 Å². The fourth-order valence-electron chi connectivity index (χ4n) is 4.56. The van der Waals surface area contributed by atoms with Crippen molar-refractivity contribution < 1.29 is 9.18 Å². The minimum absolute atomic E-state index is 0.0459. The second kappa shape index (κ2) is 6.32. The number of rotatable bonds is 1. The van der Waals surface area contributed by atoms with Gasteiger partial charge in [0.25, 0.3) is 5.56 Å². The molecule has 1 aromatic carbocycles. The van der Waals surface area contributed by atoms with Gasteiger partial charge in [-0.2, -0.15) is 0 Å². The number of amides is 1. The van der Waals surface area contributed by atoms with Gasteiger partial charge in [-0.15, -0.1) is 0 Å². The van der Waals surface area contributed by atoms with Gasteiger partial charge < -0.3 is 9.47 Å². The molecule has 1 amide bonds. The van der Waals surface area contributed by atoms with Gasteiger partial charge in [0, 0.05) is 53.9 Å². The Labute approximate surface area is 158 Å². The number of aromatic nitrogens is 1. The number of halogens is 1. The standard InChI is InChI=1S/C22H25FN2O2/c1-22(2,3)21(27)24-11-14-10-15(13-24)20-17(8-9-19(26)25(20)12-14)16-6-4-5-7-18(16)23/h4-9,14-15H,10-13H2,1-3H3. The summed E-state index contributed by atoms with van der Waals surface area (Å²) in [6, 6.07) is 9.94. The first-order chi connectivity index (χ1) is 12.8. The van der Waals surface area contributed by atoms with Crippen molar-refractivity contribution in [3.63, 3.8) is 0 Å². The van der Waals surface area contributed by atoms with E-state index < -0.39 is 5.41 Å². The van der Waals surface area contributed by atoms with E-state index in [0.29, 0.717) is 25.2 Å². The fourth-order valence-corrected chi connectivity index (χ4v) is 4.56. The zero-order valence-electron chi connectivity index (χ0n) is 16.0. The van der Waals surface area contributed by atoms with Crippen LogP contribution in [0.25, 0.3) is 11.1 Å². The average molecular weight is 368 g/mol. The van der Waals surface area contributed by atoms with Gasteiger partial charge in [0.05, 0.1) is 0 Å². The molecule has 0 N–H and O–H groups in total. The number of likely N-dealkylation sites (tertiary alicyclic amines) is 1. The molecule has 5 heteroatoms. The van der Waals surface area contributed by atoms with E-state index in [1.54, 1.807) is 22.8 Å². The highest BCUT2D eigenvalue weighted by molar-refractivity contribution is 5.82. The SMILES string of the molecule is CC(C)(C)C(=O)N1CC2CC(C1)c1c(-c3ccccc3F)ccc(=O)n1C2. The van der Waals surface area contributed by atoms with Crippen molar-refractivity contribution in [1.82, 2.24) is 9.47 Å². The first-order valence-electron chi connectivity index (χ1n) is 9.53. The topological polar surface area (TPSA) is 42.3 Å². The van der Waals surface area contributed by atoms with Crippen LogP contribution in [0.2, 0.25) is 0 Å². The zero-order valence-corrected chi connectivity index (χ0v) is 16.0. The monoisotopic (exact) mass is 368 g/mol. The Hall–Kier alpha value is -2.43. The van der Waals surface area contributed by atoms with Gasteiger partial charge in [0.1, 0.15) is 5.82 Å². The summed E-state index contributed by atoms with van der Waals surface area (Å²) in [5.74, 6) is 0.152. The summed E-state index contributed by atoms with van der Waals surface area (Å²) in [4.78, 5) is 27.3. The lowest BCUT2D eigenvalue weighted by Gasteiger charge is -2.45. The third kappa shape index (κ3) is 3.09. The molecule has 1 fully saturated rings. The van der Waals surface area contributed by atoms with E-state index in [9.17, 15) is 14.0 Å². The molecule has 3 heterocycles. The Bertz CT molecular complexity index is 958. The summed E-state index contributed by atoms with van der Waals surface area (Å²) >= 11 is 0. The number of hydrogen-bond acceptors (Lipinski definition) is 2. The number of carbonyl (C=O) groups excluding carboxylic acids is 1. The quantitative estimate of drug-likeness (QED) is 0.771. The Kier molecular flexibility index (Phi) is 4.21. The summed E-state index contributed by atoms with van der Waals surface area (Å²) in [5, 5.41) is 0. The average Bonchev–Trinajstić information content (AvgIpc) is 2.61. The van der Waals surface area contributed by atoms with E-state index >= 15 is 0 Å². The van der Waals surface area contributed by atoms with Crippen molar-refractivity contribution in [2.75, 3.05) is 13.1 Å². The molecule has 0 radical (unpaired) electrons. The van der Waals surface area contributed by atoms with Crippen molar-refractivity contribution in [2.24, 2.45) is 11.3 Å². The van der Waals surface area contributed by atoms with Gasteiger partial charge in [-0.05, 0) is 24.5 Å². The van der Waals surface area contributed by atoms with Crippen LogP contribution in [0.3, 0.4) is 0 Å². The van der Waals surface area contributed by atoms with Crippen LogP contribution < -0.4 is 5.56 Å². The molecule has 0 aliphatic carbocycles. The first kappa shape index (κ1) is 18.0. The van der Waals surface area contributed by atoms with Crippen molar-refractivity contribution in [3.8, 4) is 11.1 Å².